The fourth-order valence-corrected chi connectivity index (χ4v) is 5.45. The molecule has 11 nitrogen and oxygen atoms in total. The number of hydrogen-bond donors (Lipinski definition) is 2. The molecule has 0 spiro atoms. The van der Waals surface area contributed by atoms with Crippen LogP contribution in [-0.2, 0) is 0 Å². The van der Waals surface area contributed by atoms with Gasteiger partial charge in [-0.1, -0.05) is 39.3 Å². The first-order valence-electron chi connectivity index (χ1n) is 14.7. The summed E-state index contributed by atoms with van der Waals surface area (Å²) in [6.45, 7) is 15.0. The van der Waals surface area contributed by atoms with E-state index in [4.69, 9.17) is 21.6 Å². The lowest BCUT2D eigenvalue weighted by atomic mass is 9.96. The van der Waals surface area contributed by atoms with Crippen molar-refractivity contribution in [2.75, 3.05) is 61.3 Å². The quantitative estimate of drug-likeness (QED) is 0.394. The largest absolute Gasteiger partial charge is 0.354 e. The summed E-state index contributed by atoms with van der Waals surface area (Å²) in [4.78, 5) is 41.7. The molecular weight excluding hydrogens is 573 g/mol. The summed E-state index contributed by atoms with van der Waals surface area (Å²) in [5.41, 5.74) is 0.142. The number of likely N-dealkylation sites (tertiary alicyclic amines) is 1. The Bertz CT molecular complexity index is 1500. The average Bonchev–Trinajstić information content (AvgIpc) is 3.57. The number of nitrogens with zero attached hydrogens (tertiary/aromatic N) is 7. The number of aryl methyl sites for hydroxylation is 1. The first kappa shape index (κ1) is 30.7. The number of carbonyl (C=O) groups excluding carboxylic acids is 2. The van der Waals surface area contributed by atoms with E-state index in [9.17, 15) is 14.0 Å². The molecule has 2 aliphatic rings. The molecule has 1 atom stereocenters. The van der Waals surface area contributed by atoms with Crippen LogP contribution in [0.5, 0.6) is 0 Å². The van der Waals surface area contributed by atoms with E-state index in [2.05, 4.69) is 32.5 Å². The molecule has 4 heterocycles. The van der Waals surface area contributed by atoms with Gasteiger partial charge in [-0.2, -0.15) is 9.97 Å². The molecule has 2 aromatic heterocycles. The lowest BCUT2D eigenvalue weighted by Gasteiger charge is -2.35. The minimum atomic E-state index is -0.634. The molecule has 1 aromatic carbocycles. The maximum atomic E-state index is 14.4. The molecule has 230 valence electrons. The monoisotopic (exact) mass is 611 g/mol. The second-order valence-electron chi connectivity index (χ2n) is 12.1. The number of halogens is 2. The van der Waals surface area contributed by atoms with Crippen molar-refractivity contribution in [1.82, 2.24) is 29.5 Å². The molecule has 0 unspecified atom stereocenters. The minimum Gasteiger partial charge on any atom is -0.354 e. The lowest BCUT2D eigenvalue weighted by Crippen LogP contribution is -2.46. The summed E-state index contributed by atoms with van der Waals surface area (Å²) in [7, 11) is 0. The highest BCUT2D eigenvalue weighted by molar-refractivity contribution is 6.30. The van der Waals surface area contributed by atoms with Crippen molar-refractivity contribution in [1.29, 1.82) is 0 Å². The standard InChI is InChI=1S/C30H39ClFN9O2/c1-6-38-11-13-39(14-12-38)26-17-24(34-25-15-19(2)41(37-25)28(43)30(3,4)5)35-29(36-26)33-21-9-10-40(18-21)27(42)22-8-7-20(31)16-23(22)32/h7-8,15-17,21H,6,9-14,18H2,1-5H3,(H2,33,34,35,36,37)/t21-/m0/s1. The third kappa shape index (κ3) is 7.07. The predicted octanol–water partition coefficient (Wildman–Crippen LogP) is 4.67. The van der Waals surface area contributed by atoms with Crippen molar-refractivity contribution in [3.63, 3.8) is 0 Å². The van der Waals surface area contributed by atoms with Crippen molar-refractivity contribution >= 4 is 46.8 Å². The Morgan fingerprint density at radius 1 is 1.05 bits per heavy atom. The van der Waals surface area contributed by atoms with Gasteiger partial charge in [-0.25, -0.2) is 9.07 Å². The molecule has 0 saturated carbocycles. The Kier molecular flexibility index (Phi) is 8.89. The Hall–Kier alpha value is -3.77. The van der Waals surface area contributed by atoms with Crippen LogP contribution in [0.25, 0.3) is 0 Å². The van der Waals surface area contributed by atoms with Crippen LogP contribution in [0.15, 0.2) is 30.3 Å². The zero-order chi connectivity index (χ0) is 30.9. The van der Waals surface area contributed by atoms with Crippen LogP contribution in [0.4, 0.5) is 27.8 Å². The molecule has 2 saturated heterocycles. The molecule has 0 aliphatic carbocycles. The summed E-state index contributed by atoms with van der Waals surface area (Å²) in [5, 5.41) is 11.4. The van der Waals surface area contributed by atoms with Crippen LogP contribution >= 0.6 is 11.6 Å². The maximum absolute atomic E-state index is 14.4. The number of nitrogens with one attached hydrogen (secondary N) is 2. The summed E-state index contributed by atoms with van der Waals surface area (Å²) in [5.74, 6) is 1.11. The van der Waals surface area contributed by atoms with Gasteiger partial charge in [0.05, 0.1) is 5.56 Å². The van der Waals surface area contributed by atoms with Gasteiger partial charge in [-0.3, -0.25) is 9.59 Å². The highest BCUT2D eigenvalue weighted by atomic mass is 35.5. The van der Waals surface area contributed by atoms with Crippen LogP contribution in [0.2, 0.25) is 5.02 Å². The van der Waals surface area contributed by atoms with E-state index in [1.54, 1.807) is 4.90 Å². The summed E-state index contributed by atoms with van der Waals surface area (Å²) >= 11 is 5.86. The SMILES string of the molecule is CCN1CCN(c2cc(Nc3cc(C)n(C(=O)C(C)(C)C)n3)nc(N[C@H]3CCN(C(=O)c4ccc(Cl)cc4F)C3)n2)CC1. The number of piperazine rings is 1. The van der Waals surface area contributed by atoms with E-state index < -0.39 is 11.2 Å². The average molecular weight is 612 g/mol. The first-order chi connectivity index (χ1) is 20.4. The first-order valence-corrected chi connectivity index (χ1v) is 15.0. The molecule has 13 heteroatoms. The number of likely N-dealkylation sites (N-methyl/N-ethyl adjacent to an activating group) is 1. The van der Waals surface area contributed by atoms with Crippen molar-refractivity contribution < 1.29 is 14.0 Å². The van der Waals surface area contributed by atoms with Gasteiger partial charge in [-0.05, 0) is 38.1 Å². The van der Waals surface area contributed by atoms with Crippen molar-refractivity contribution in [2.45, 2.75) is 47.1 Å². The van der Waals surface area contributed by atoms with Gasteiger partial charge >= 0.3 is 0 Å². The van der Waals surface area contributed by atoms with E-state index in [0.717, 1.165) is 50.3 Å². The fourth-order valence-electron chi connectivity index (χ4n) is 5.29. The van der Waals surface area contributed by atoms with Gasteiger partial charge in [0.2, 0.25) is 5.95 Å². The summed E-state index contributed by atoms with van der Waals surface area (Å²) < 4.78 is 15.8. The molecule has 1 amide bonds. The fraction of sp³-hybridized carbons (Fsp3) is 0.500. The van der Waals surface area contributed by atoms with E-state index in [1.807, 2.05) is 39.8 Å². The second-order valence-corrected chi connectivity index (χ2v) is 12.6. The number of carbonyl (C=O) groups is 2. The molecule has 43 heavy (non-hydrogen) atoms. The van der Waals surface area contributed by atoms with E-state index >= 15 is 0 Å². The van der Waals surface area contributed by atoms with E-state index in [-0.39, 0.29) is 28.4 Å². The highest BCUT2D eigenvalue weighted by Gasteiger charge is 2.30. The number of benzene rings is 1. The van der Waals surface area contributed by atoms with Crippen molar-refractivity contribution in [3.8, 4) is 0 Å². The Morgan fingerprint density at radius 2 is 1.79 bits per heavy atom. The van der Waals surface area contributed by atoms with Crippen molar-refractivity contribution in [2.24, 2.45) is 5.41 Å². The van der Waals surface area contributed by atoms with Crippen LogP contribution < -0.4 is 15.5 Å². The van der Waals surface area contributed by atoms with Crippen molar-refractivity contribution in [3.05, 3.63) is 52.4 Å². The molecule has 2 fully saturated rings. The highest BCUT2D eigenvalue weighted by Crippen LogP contribution is 2.26. The number of hydrogen-bond acceptors (Lipinski definition) is 9. The Labute approximate surface area is 256 Å². The molecule has 5 rings (SSSR count). The second kappa shape index (κ2) is 12.5. The lowest BCUT2D eigenvalue weighted by molar-refractivity contribution is 0.0745. The maximum Gasteiger partial charge on any atom is 0.256 e. The molecule has 0 bridgehead atoms. The van der Waals surface area contributed by atoms with Gasteiger partial charge in [0.25, 0.3) is 11.8 Å². The molecule has 2 aliphatic heterocycles. The van der Waals surface area contributed by atoms with Gasteiger partial charge in [0.15, 0.2) is 5.82 Å². The van der Waals surface area contributed by atoms with Crippen LogP contribution in [0.3, 0.4) is 0 Å². The van der Waals surface area contributed by atoms with Gasteiger partial charge in [-0.15, -0.1) is 5.10 Å². The Balaban J connectivity index is 1.35. The molecule has 3 aromatic rings. The van der Waals surface area contributed by atoms with Gasteiger partial charge in [0, 0.05) is 73.6 Å². The third-order valence-corrected chi connectivity index (χ3v) is 8.04. The number of anilines is 4. The predicted molar refractivity (Wildman–Crippen MR) is 166 cm³/mol. The zero-order valence-corrected chi connectivity index (χ0v) is 26.1. The van der Waals surface area contributed by atoms with Gasteiger partial charge in [0.1, 0.15) is 17.5 Å². The minimum absolute atomic E-state index is 0.000628. The third-order valence-electron chi connectivity index (χ3n) is 7.80. The molecule has 0 radical (unpaired) electrons. The number of rotatable bonds is 7. The number of amides is 1. The van der Waals surface area contributed by atoms with E-state index in [1.165, 1.54) is 16.8 Å². The smallest absolute Gasteiger partial charge is 0.256 e. The zero-order valence-electron chi connectivity index (χ0n) is 25.3. The molecule has 2 N–H and O–H groups in total. The van der Waals surface area contributed by atoms with Crippen LogP contribution in [0, 0.1) is 18.2 Å². The van der Waals surface area contributed by atoms with E-state index in [0.29, 0.717) is 37.1 Å². The normalized spacial score (nSPS) is 17.8. The molecular formula is C30H39ClFN9O2. The summed E-state index contributed by atoms with van der Waals surface area (Å²) in [6, 6.07) is 7.67. The number of aromatic nitrogens is 4. The summed E-state index contributed by atoms with van der Waals surface area (Å²) in [6.07, 6.45) is 0.658. The topological polar surface area (TPSA) is 112 Å². The Morgan fingerprint density at radius 3 is 2.47 bits per heavy atom. The van der Waals surface area contributed by atoms with Crippen LogP contribution in [0.1, 0.15) is 55.0 Å². The van der Waals surface area contributed by atoms with Crippen LogP contribution in [-0.4, -0.2) is 93.2 Å². The van der Waals surface area contributed by atoms with Gasteiger partial charge < -0.3 is 25.3 Å².